The molecule has 0 unspecified atom stereocenters. The summed E-state index contributed by atoms with van der Waals surface area (Å²) in [5.74, 6) is -0.0563. The summed E-state index contributed by atoms with van der Waals surface area (Å²) in [5.41, 5.74) is 1.51. The van der Waals surface area contributed by atoms with Crippen LogP contribution in [-0.2, 0) is 21.2 Å². The highest BCUT2D eigenvalue weighted by molar-refractivity contribution is 7.90. The third-order valence-corrected chi connectivity index (χ3v) is 5.36. The van der Waals surface area contributed by atoms with Crippen LogP contribution >= 0.6 is 11.5 Å². The molecule has 1 amide bonds. The van der Waals surface area contributed by atoms with Gasteiger partial charge in [0.05, 0.1) is 0 Å². The van der Waals surface area contributed by atoms with Gasteiger partial charge >= 0.3 is 0 Å². The average Bonchev–Trinajstić information content (AvgIpc) is 3.21. The lowest BCUT2D eigenvalue weighted by atomic mass is 10.1. The van der Waals surface area contributed by atoms with Crippen molar-refractivity contribution < 1.29 is 17.9 Å². The smallest absolute Gasteiger partial charge is 0.268 e. The van der Waals surface area contributed by atoms with Crippen molar-refractivity contribution in [1.29, 1.82) is 5.26 Å². The molecule has 3 rings (SSSR count). The summed E-state index contributed by atoms with van der Waals surface area (Å²) in [6, 6.07) is 18.5. The Morgan fingerprint density at radius 3 is 2.50 bits per heavy atom. The maximum absolute atomic E-state index is 12.3. The molecule has 0 aliphatic heterocycles. The molecule has 1 aromatic heterocycles. The molecule has 0 aliphatic carbocycles. The van der Waals surface area contributed by atoms with Crippen LogP contribution in [-0.4, -0.2) is 29.9 Å². The Bertz CT molecular complexity index is 1210. The molecule has 10 heteroatoms. The minimum atomic E-state index is -3.57. The van der Waals surface area contributed by atoms with E-state index in [4.69, 9.17) is 4.74 Å². The molecule has 0 radical (unpaired) electrons. The third kappa shape index (κ3) is 5.73. The largest absolute Gasteiger partial charge is 0.489 e. The first-order valence-electron chi connectivity index (χ1n) is 8.59. The number of nitrogens with zero attached hydrogens (tertiary/aromatic N) is 3. The first-order chi connectivity index (χ1) is 14.3. The van der Waals surface area contributed by atoms with E-state index in [2.05, 4.69) is 14.7 Å². The predicted octanol–water partition coefficient (Wildman–Crippen LogP) is 3.07. The van der Waals surface area contributed by atoms with Crippen LogP contribution in [0.2, 0.25) is 0 Å². The summed E-state index contributed by atoms with van der Waals surface area (Å²) in [5, 5.41) is 11.3. The predicted molar refractivity (Wildman–Crippen MR) is 112 cm³/mol. The van der Waals surface area contributed by atoms with Crippen LogP contribution in [0.25, 0.3) is 6.08 Å². The van der Waals surface area contributed by atoms with Gasteiger partial charge in [0.2, 0.25) is 15.0 Å². The monoisotopic (exact) mass is 440 g/mol. The van der Waals surface area contributed by atoms with Crippen LogP contribution in [0.3, 0.4) is 0 Å². The number of anilines is 1. The fourth-order valence-corrected chi connectivity index (χ4v) is 3.73. The van der Waals surface area contributed by atoms with Crippen LogP contribution in [0, 0.1) is 11.3 Å². The summed E-state index contributed by atoms with van der Waals surface area (Å²) in [6.45, 7) is 0.430. The Balaban J connectivity index is 1.65. The fourth-order valence-electron chi connectivity index (χ4n) is 2.29. The van der Waals surface area contributed by atoms with Crippen molar-refractivity contribution in [3.63, 3.8) is 0 Å². The molecular formula is C20H16N4O4S2. The minimum Gasteiger partial charge on any atom is -0.489 e. The van der Waals surface area contributed by atoms with Gasteiger partial charge in [0.1, 0.15) is 24.0 Å². The van der Waals surface area contributed by atoms with Crippen molar-refractivity contribution in [2.75, 3.05) is 11.6 Å². The van der Waals surface area contributed by atoms with Crippen molar-refractivity contribution in [2.24, 2.45) is 0 Å². The topological polar surface area (TPSA) is 122 Å². The lowest BCUT2D eigenvalue weighted by Crippen LogP contribution is -2.13. The van der Waals surface area contributed by atoms with Crippen molar-refractivity contribution in [2.45, 2.75) is 11.8 Å². The van der Waals surface area contributed by atoms with Gasteiger partial charge in [-0.2, -0.15) is 14.6 Å². The Morgan fingerprint density at radius 2 is 1.90 bits per heavy atom. The van der Waals surface area contributed by atoms with Gasteiger partial charge in [-0.3, -0.25) is 10.1 Å². The zero-order chi connectivity index (χ0) is 21.6. The van der Waals surface area contributed by atoms with Gasteiger partial charge in [-0.25, -0.2) is 8.42 Å². The molecule has 0 aliphatic rings. The molecule has 1 N–H and O–H groups in total. The SMILES string of the molecule is CS(=O)(=O)c1nsc(NC(=O)/C(C#N)=C\c2ccc(OCc3ccccc3)cc2)n1. The molecule has 1 heterocycles. The van der Waals surface area contributed by atoms with E-state index in [1.807, 2.05) is 36.4 Å². The van der Waals surface area contributed by atoms with E-state index in [9.17, 15) is 18.5 Å². The number of carbonyl (C=O) groups is 1. The van der Waals surface area contributed by atoms with Gasteiger partial charge in [-0.1, -0.05) is 42.5 Å². The first kappa shape index (κ1) is 21.2. The maximum atomic E-state index is 12.3. The summed E-state index contributed by atoms with van der Waals surface area (Å²) < 4.78 is 32.2. The number of nitrogens with one attached hydrogen (secondary N) is 1. The number of sulfone groups is 1. The molecule has 0 saturated heterocycles. The van der Waals surface area contributed by atoms with Crippen LogP contribution < -0.4 is 10.1 Å². The molecule has 8 nitrogen and oxygen atoms in total. The molecule has 30 heavy (non-hydrogen) atoms. The lowest BCUT2D eigenvalue weighted by molar-refractivity contribution is -0.112. The Hall–Kier alpha value is -3.55. The molecule has 0 bridgehead atoms. The van der Waals surface area contributed by atoms with Gasteiger partial charge in [-0.05, 0) is 29.3 Å². The average molecular weight is 441 g/mol. The van der Waals surface area contributed by atoms with Crippen molar-refractivity contribution in [3.8, 4) is 11.8 Å². The zero-order valence-electron chi connectivity index (χ0n) is 15.8. The number of hydrogen-bond acceptors (Lipinski definition) is 8. The van der Waals surface area contributed by atoms with Gasteiger partial charge in [0, 0.05) is 17.8 Å². The second-order valence-corrected chi connectivity index (χ2v) is 8.78. The highest BCUT2D eigenvalue weighted by atomic mass is 32.2. The van der Waals surface area contributed by atoms with Crippen molar-refractivity contribution >= 4 is 38.5 Å². The third-order valence-electron chi connectivity index (χ3n) is 3.76. The fraction of sp³-hybridized carbons (Fsp3) is 0.100. The number of rotatable bonds is 7. The Labute approximate surface area is 177 Å². The lowest BCUT2D eigenvalue weighted by Gasteiger charge is -2.06. The number of benzene rings is 2. The maximum Gasteiger partial charge on any atom is 0.268 e. The molecule has 0 atom stereocenters. The molecule has 0 spiro atoms. The van der Waals surface area contributed by atoms with E-state index in [1.165, 1.54) is 6.08 Å². The zero-order valence-corrected chi connectivity index (χ0v) is 17.4. The van der Waals surface area contributed by atoms with E-state index in [0.29, 0.717) is 17.9 Å². The summed E-state index contributed by atoms with van der Waals surface area (Å²) in [6.07, 6.45) is 2.38. The van der Waals surface area contributed by atoms with E-state index < -0.39 is 15.7 Å². The molecule has 0 saturated carbocycles. The van der Waals surface area contributed by atoms with E-state index >= 15 is 0 Å². The number of carbonyl (C=O) groups excluding carboxylic acids is 1. The summed E-state index contributed by atoms with van der Waals surface area (Å²) in [7, 11) is -3.57. The normalized spacial score (nSPS) is 11.5. The molecule has 152 valence electrons. The summed E-state index contributed by atoms with van der Waals surface area (Å²) in [4.78, 5) is 16.0. The number of aromatic nitrogens is 2. The highest BCUT2D eigenvalue weighted by Crippen LogP contribution is 2.18. The molecule has 2 aromatic carbocycles. The van der Waals surface area contributed by atoms with Gasteiger partial charge in [-0.15, -0.1) is 0 Å². The first-order valence-corrected chi connectivity index (χ1v) is 11.3. The Kier molecular flexibility index (Phi) is 6.56. The van der Waals surface area contributed by atoms with Gasteiger partial charge < -0.3 is 4.74 Å². The number of amides is 1. The quantitative estimate of drug-likeness (QED) is 0.442. The number of hydrogen-bond donors (Lipinski definition) is 1. The molecular weight excluding hydrogens is 424 g/mol. The Morgan fingerprint density at radius 1 is 1.20 bits per heavy atom. The van der Waals surface area contributed by atoms with E-state index in [-0.39, 0.29) is 15.9 Å². The van der Waals surface area contributed by atoms with E-state index in [1.54, 1.807) is 24.3 Å². The number of nitriles is 1. The molecule has 3 aromatic rings. The second kappa shape index (κ2) is 9.30. The van der Waals surface area contributed by atoms with Crippen LogP contribution in [0.5, 0.6) is 5.75 Å². The minimum absolute atomic E-state index is 0.00812. The highest BCUT2D eigenvalue weighted by Gasteiger charge is 2.17. The van der Waals surface area contributed by atoms with Crippen LogP contribution in [0.15, 0.2) is 65.3 Å². The van der Waals surface area contributed by atoms with Gasteiger partial charge in [0.25, 0.3) is 11.1 Å². The van der Waals surface area contributed by atoms with E-state index in [0.717, 1.165) is 23.4 Å². The molecule has 0 fully saturated rings. The van der Waals surface area contributed by atoms with Gasteiger partial charge in [0.15, 0.2) is 0 Å². The second-order valence-electron chi connectivity index (χ2n) is 6.12. The summed E-state index contributed by atoms with van der Waals surface area (Å²) >= 11 is 0.719. The number of ether oxygens (including phenoxy) is 1. The standard InChI is InChI=1S/C20H16N4O4S2/c1-30(26,27)20-23-19(29-24-20)22-18(25)16(12-21)11-14-7-9-17(10-8-14)28-13-15-5-3-2-4-6-15/h2-11H,13H2,1H3,(H,22,23,24,25)/b16-11-. The van der Waals surface area contributed by atoms with Crippen molar-refractivity contribution in [1.82, 2.24) is 9.36 Å². The van der Waals surface area contributed by atoms with Crippen molar-refractivity contribution in [3.05, 3.63) is 71.3 Å². The van der Waals surface area contributed by atoms with Crippen LogP contribution in [0.4, 0.5) is 5.13 Å². The van der Waals surface area contributed by atoms with Crippen LogP contribution in [0.1, 0.15) is 11.1 Å².